The fourth-order valence-electron chi connectivity index (χ4n) is 2.36. The molecule has 84 valence electrons. The number of fused-ring (bicyclic) bond motifs is 1. The van der Waals surface area contributed by atoms with Crippen molar-refractivity contribution in [3.63, 3.8) is 0 Å². The van der Waals surface area contributed by atoms with Crippen molar-refractivity contribution >= 4 is 22.9 Å². The van der Waals surface area contributed by atoms with Crippen molar-refractivity contribution in [3.8, 4) is 16.6 Å². The number of nitrogens with zero attached hydrogens (tertiary/aromatic N) is 2. The molecule has 3 rings (SSSR count). The standard InChI is InChI=1S/C13H9ClN2S/c14-13-10(7-15)8-3-1-4-9(8)12(16-13)11-5-2-6-17-11/h2,5-6H,1,3-4H2. The predicted octanol–water partition coefficient (Wildman–Crippen LogP) is 3.82. The van der Waals surface area contributed by atoms with Gasteiger partial charge in [0.25, 0.3) is 0 Å². The molecule has 0 unspecified atom stereocenters. The van der Waals surface area contributed by atoms with Crippen LogP contribution in [0.15, 0.2) is 17.5 Å². The maximum Gasteiger partial charge on any atom is 0.147 e. The maximum absolute atomic E-state index is 9.13. The first-order chi connectivity index (χ1) is 8.31. The SMILES string of the molecule is N#Cc1c(Cl)nc(-c2cccs2)c2c1CCC2. The summed E-state index contributed by atoms with van der Waals surface area (Å²) in [6.45, 7) is 0. The van der Waals surface area contributed by atoms with Gasteiger partial charge in [-0.25, -0.2) is 4.98 Å². The summed E-state index contributed by atoms with van der Waals surface area (Å²) in [6, 6.07) is 6.24. The second-order valence-electron chi connectivity index (χ2n) is 4.03. The molecule has 0 spiro atoms. The third kappa shape index (κ3) is 1.65. The molecule has 2 nitrogen and oxygen atoms in total. The molecular formula is C13H9ClN2S. The number of halogens is 1. The Morgan fingerprint density at radius 3 is 2.88 bits per heavy atom. The van der Waals surface area contributed by atoms with Crippen molar-refractivity contribution in [2.45, 2.75) is 19.3 Å². The maximum atomic E-state index is 9.13. The van der Waals surface area contributed by atoms with E-state index in [2.05, 4.69) is 11.1 Å². The van der Waals surface area contributed by atoms with E-state index in [4.69, 9.17) is 16.9 Å². The van der Waals surface area contributed by atoms with Crippen LogP contribution in [0, 0.1) is 11.3 Å². The molecule has 0 aromatic carbocycles. The summed E-state index contributed by atoms with van der Waals surface area (Å²) >= 11 is 7.76. The van der Waals surface area contributed by atoms with Crippen LogP contribution in [0.4, 0.5) is 0 Å². The number of hydrogen-bond donors (Lipinski definition) is 0. The Kier molecular flexibility index (Phi) is 2.62. The summed E-state index contributed by atoms with van der Waals surface area (Å²) < 4.78 is 0. The largest absolute Gasteiger partial charge is 0.234 e. The average molecular weight is 261 g/mol. The lowest BCUT2D eigenvalue weighted by atomic mass is 10.0. The van der Waals surface area contributed by atoms with Crippen LogP contribution in [0.3, 0.4) is 0 Å². The number of thiophene rings is 1. The van der Waals surface area contributed by atoms with Crippen molar-refractivity contribution in [1.82, 2.24) is 4.98 Å². The van der Waals surface area contributed by atoms with Gasteiger partial charge in [-0.05, 0) is 41.8 Å². The molecule has 17 heavy (non-hydrogen) atoms. The van der Waals surface area contributed by atoms with E-state index in [9.17, 15) is 0 Å². The first-order valence-corrected chi connectivity index (χ1v) is 6.72. The normalized spacial score (nSPS) is 13.4. The summed E-state index contributed by atoms with van der Waals surface area (Å²) in [4.78, 5) is 5.55. The summed E-state index contributed by atoms with van der Waals surface area (Å²) in [6.07, 6.45) is 3.03. The van der Waals surface area contributed by atoms with Gasteiger partial charge in [0.05, 0.1) is 16.1 Å². The van der Waals surface area contributed by atoms with Crippen molar-refractivity contribution in [2.75, 3.05) is 0 Å². The Morgan fingerprint density at radius 2 is 2.18 bits per heavy atom. The molecule has 0 atom stereocenters. The van der Waals surface area contributed by atoms with E-state index in [0.717, 1.165) is 35.4 Å². The lowest BCUT2D eigenvalue weighted by Crippen LogP contribution is -1.97. The van der Waals surface area contributed by atoms with E-state index in [1.54, 1.807) is 11.3 Å². The van der Waals surface area contributed by atoms with Gasteiger partial charge in [-0.2, -0.15) is 5.26 Å². The predicted molar refractivity (Wildman–Crippen MR) is 69.3 cm³/mol. The summed E-state index contributed by atoms with van der Waals surface area (Å²) in [5, 5.41) is 11.5. The molecule has 0 bridgehead atoms. The van der Waals surface area contributed by atoms with E-state index in [-0.39, 0.29) is 0 Å². The zero-order valence-corrected chi connectivity index (χ0v) is 10.6. The molecule has 1 aliphatic rings. The van der Waals surface area contributed by atoms with Crippen LogP contribution in [0.2, 0.25) is 5.15 Å². The van der Waals surface area contributed by atoms with Gasteiger partial charge in [-0.1, -0.05) is 17.7 Å². The minimum atomic E-state index is 0.344. The Bertz CT molecular complexity index is 611. The van der Waals surface area contributed by atoms with Gasteiger partial charge in [0.15, 0.2) is 0 Å². The van der Waals surface area contributed by atoms with Crippen LogP contribution in [-0.4, -0.2) is 4.98 Å². The van der Waals surface area contributed by atoms with Crippen molar-refractivity contribution < 1.29 is 0 Å². The zero-order valence-electron chi connectivity index (χ0n) is 9.03. The van der Waals surface area contributed by atoms with Crippen molar-refractivity contribution in [2.24, 2.45) is 0 Å². The number of nitriles is 1. The fraction of sp³-hybridized carbons (Fsp3) is 0.231. The summed E-state index contributed by atoms with van der Waals surface area (Å²) in [5.41, 5.74) is 3.86. The number of aromatic nitrogens is 1. The Morgan fingerprint density at radius 1 is 1.35 bits per heavy atom. The molecule has 1 aliphatic carbocycles. The summed E-state index contributed by atoms with van der Waals surface area (Å²) in [7, 11) is 0. The van der Waals surface area contributed by atoms with Gasteiger partial charge in [0.1, 0.15) is 11.2 Å². The van der Waals surface area contributed by atoms with E-state index in [1.807, 2.05) is 17.5 Å². The first-order valence-electron chi connectivity index (χ1n) is 5.46. The Labute approximate surface area is 108 Å². The molecular weight excluding hydrogens is 252 g/mol. The van der Waals surface area contributed by atoms with Crippen molar-refractivity contribution in [1.29, 1.82) is 5.26 Å². The third-order valence-electron chi connectivity index (χ3n) is 3.09. The van der Waals surface area contributed by atoms with Crippen LogP contribution in [0.25, 0.3) is 10.6 Å². The highest BCUT2D eigenvalue weighted by Gasteiger charge is 2.23. The van der Waals surface area contributed by atoms with Crippen LogP contribution in [0.5, 0.6) is 0 Å². The molecule has 2 heterocycles. The number of rotatable bonds is 1. The lowest BCUT2D eigenvalue weighted by molar-refractivity contribution is 0.911. The van der Waals surface area contributed by atoms with Crippen molar-refractivity contribution in [3.05, 3.63) is 39.4 Å². The number of pyridine rings is 1. The molecule has 0 amide bonds. The molecule has 0 aliphatic heterocycles. The van der Waals surface area contributed by atoms with Gasteiger partial charge in [0, 0.05) is 0 Å². The highest BCUT2D eigenvalue weighted by atomic mass is 35.5. The molecule has 0 saturated heterocycles. The van der Waals surface area contributed by atoms with E-state index < -0.39 is 0 Å². The van der Waals surface area contributed by atoms with Gasteiger partial charge in [-0.3, -0.25) is 0 Å². The second kappa shape index (κ2) is 4.14. The fourth-order valence-corrected chi connectivity index (χ4v) is 3.34. The molecule has 4 heteroatoms. The van der Waals surface area contributed by atoms with E-state index in [1.165, 1.54) is 5.56 Å². The van der Waals surface area contributed by atoms with E-state index in [0.29, 0.717) is 10.7 Å². The average Bonchev–Trinajstić information content (AvgIpc) is 2.99. The smallest absolute Gasteiger partial charge is 0.147 e. The molecule has 2 aromatic rings. The van der Waals surface area contributed by atoms with Gasteiger partial charge in [-0.15, -0.1) is 11.3 Å². The topological polar surface area (TPSA) is 36.7 Å². The van der Waals surface area contributed by atoms with Crippen LogP contribution in [-0.2, 0) is 12.8 Å². The molecule has 0 fully saturated rings. The number of hydrogen-bond acceptors (Lipinski definition) is 3. The quantitative estimate of drug-likeness (QED) is 0.731. The first kappa shape index (κ1) is 10.8. The van der Waals surface area contributed by atoms with Gasteiger partial charge < -0.3 is 0 Å². The lowest BCUT2D eigenvalue weighted by Gasteiger charge is -2.08. The Hall–Kier alpha value is -1.37. The zero-order chi connectivity index (χ0) is 11.8. The van der Waals surface area contributed by atoms with E-state index >= 15 is 0 Å². The molecule has 0 saturated carbocycles. The van der Waals surface area contributed by atoms with Crippen LogP contribution < -0.4 is 0 Å². The molecule has 0 radical (unpaired) electrons. The van der Waals surface area contributed by atoms with Gasteiger partial charge >= 0.3 is 0 Å². The Balaban J connectivity index is 2.29. The third-order valence-corrected chi connectivity index (χ3v) is 4.24. The second-order valence-corrected chi connectivity index (χ2v) is 5.33. The highest BCUT2D eigenvalue weighted by Crippen LogP contribution is 2.37. The minimum Gasteiger partial charge on any atom is -0.234 e. The van der Waals surface area contributed by atoms with Gasteiger partial charge in [0.2, 0.25) is 0 Å². The van der Waals surface area contributed by atoms with Crippen LogP contribution in [0.1, 0.15) is 23.1 Å². The molecule has 2 aromatic heterocycles. The summed E-state index contributed by atoms with van der Waals surface area (Å²) in [5.74, 6) is 0. The van der Waals surface area contributed by atoms with Crippen LogP contribution >= 0.6 is 22.9 Å². The monoisotopic (exact) mass is 260 g/mol. The highest BCUT2D eigenvalue weighted by molar-refractivity contribution is 7.13. The minimum absolute atomic E-state index is 0.344. The molecule has 0 N–H and O–H groups in total.